The number of likely N-dealkylation sites (tertiary alicyclic amines) is 1. The van der Waals surface area contributed by atoms with Gasteiger partial charge in [-0.15, -0.1) is 22.9 Å². The van der Waals surface area contributed by atoms with E-state index in [1.807, 2.05) is 16.3 Å². The Hall–Kier alpha value is 0.190. The molecule has 0 aliphatic carbocycles. The highest BCUT2D eigenvalue weighted by Gasteiger charge is 2.22. The third-order valence-corrected chi connectivity index (χ3v) is 4.75. The number of hydrogen-bond donors (Lipinski definition) is 0. The topological polar surface area (TPSA) is 20.3 Å². The molecule has 1 aliphatic heterocycles. The normalized spacial score (nSPS) is 18.1. The fourth-order valence-electron chi connectivity index (χ4n) is 1.66. The van der Waals surface area contributed by atoms with Crippen molar-refractivity contribution in [1.29, 1.82) is 0 Å². The Morgan fingerprint density at radius 1 is 1.53 bits per heavy atom. The standard InChI is InChI=1S/C10H11ClINOS/c11-8-1-3-13(4-2-8)10(14)7-5-9(12)15-6-7/h5-6,8H,1-4H2. The van der Waals surface area contributed by atoms with Gasteiger partial charge in [0, 0.05) is 23.8 Å². The van der Waals surface area contributed by atoms with Crippen LogP contribution in [0.3, 0.4) is 0 Å². The van der Waals surface area contributed by atoms with Crippen LogP contribution in [0.15, 0.2) is 11.4 Å². The van der Waals surface area contributed by atoms with Crippen LogP contribution in [0.5, 0.6) is 0 Å². The van der Waals surface area contributed by atoms with Crippen LogP contribution in [0.4, 0.5) is 0 Å². The second kappa shape index (κ2) is 5.01. The van der Waals surface area contributed by atoms with Gasteiger partial charge in [0.15, 0.2) is 0 Å². The molecule has 2 heterocycles. The van der Waals surface area contributed by atoms with Gasteiger partial charge in [-0.2, -0.15) is 0 Å². The van der Waals surface area contributed by atoms with E-state index in [0.717, 1.165) is 34.4 Å². The largest absolute Gasteiger partial charge is 0.339 e. The molecule has 2 rings (SSSR count). The van der Waals surface area contributed by atoms with Crippen LogP contribution in [0.2, 0.25) is 0 Å². The van der Waals surface area contributed by atoms with Crippen molar-refractivity contribution >= 4 is 51.4 Å². The highest BCUT2D eigenvalue weighted by molar-refractivity contribution is 14.1. The maximum Gasteiger partial charge on any atom is 0.254 e. The van der Waals surface area contributed by atoms with Crippen molar-refractivity contribution in [3.63, 3.8) is 0 Å². The van der Waals surface area contributed by atoms with E-state index >= 15 is 0 Å². The molecule has 0 spiro atoms. The SMILES string of the molecule is O=C(c1csc(I)c1)N1CCC(Cl)CC1. The fourth-order valence-corrected chi connectivity index (χ4v) is 3.17. The molecule has 1 saturated heterocycles. The first-order valence-electron chi connectivity index (χ1n) is 4.84. The zero-order chi connectivity index (χ0) is 10.8. The number of nitrogens with zero attached hydrogens (tertiary/aromatic N) is 1. The Morgan fingerprint density at radius 3 is 2.73 bits per heavy atom. The third kappa shape index (κ3) is 2.85. The predicted octanol–water partition coefficient (Wildman–Crippen LogP) is 3.20. The van der Waals surface area contributed by atoms with E-state index in [-0.39, 0.29) is 11.3 Å². The molecule has 0 atom stereocenters. The number of piperidine rings is 1. The minimum absolute atomic E-state index is 0.151. The lowest BCUT2D eigenvalue weighted by Gasteiger charge is -2.29. The Labute approximate surface area is 112 Å². The van der Waals surface area contributed by atoms with E-state index < -0.39 is 0 Å². The van der Waals surface area contributed by atoms with E-state index in [0.29, 0.717) is 0 Å². The third-order valence-electron chi connectivity index (χ3n) is 2.53. The monoisotopic (exact) mass is 355 g/mol. The van der Waals surface area contributed by atoms with Gasteiger partial charge in [-0.05, 0) is 41.5 Å². The van der Waals surface area contributed by atoms with Gasteiger partial charge in [-0.25, -0.2) is 0 Å². The van der Waals surface area contributed by atoms with E-state index in [1.54, 1.807) is 11.3 Å². The molecule has 1 fully saturated rings. The summed E-state index contributed by atoms with van der Waals surface area (Å²) < 4.78 is 1.16. The lowest BCUT2D eigenvalue weighted by atomic mass is 10.1. The van der Waals surface area contributed by atoms with Crippen molar-refractivity contribution in [3.05, 3.63) is 19.9 Å². The van der Waals surface area contributed by atoms with Gasteiger partial charge in [0.1, 0.15) is 0 Å². The highest BCUT2D eigenvalue weighted by Crippen LogP contribution is 2.21. The van der Waals surface area contributed by atoms with Crippen LogP contribution in [0.1, 0.15) is 23.2 Å². The average Bonchev–Trinajstić information content (AvgIpc) is 2.65. The molecule has 0 saturated carbocycles. The summed E-state index contributed by atoms with van der Waals surface area (Å²) in [6.45, 7) is 1.58. The molecular formula is C10H11ClINOS. The van der Waals surface area contributed by atoms with Crippen molar-refractivity contribution in [3.8, 4) is 0 Å². The second-order valence-corrected chi connectivity index (χ2v) is 7.03. The summed E-state index contributed by atoms with van der Waals surface area (Å²) in [4.78, 5) is 13.9. The summed E-state index contributed by atoms with van der Waals surface area (Å²) in [5, 5.41) is 2.17. The van der Waals surface area contributed by atoms with Gasteiger partial charge < -0.3 is 4.90 Å². The molecule has 1 aromatic heterocycles. The minimum Gasteiger partial charge on any atom is -0.339 e. The number of hydrogen-bond acceptors (Lipinski definition) is 2. The number of alkyl halides is 1. The molecule has 0 bridgehead atoms. The molecule has 15 heavy (non-hydrogen) atoms. The molecule has 0 unspecified atom stereocenters. The molecule has 1 aromatic rings. The number of halogens is 2. The molecule has 0 N–H and O–H groups in total. The van der Waals surface area contributed by atoms with Crippen molar-refractivity contribution in [2.24, 2.45) is 0 Å². The van der Waals surface area contributed by atoms with Crippen LogP contribution in [-0.4, -0.2) is 29.3 Å². The second-order valence-electron chi connectivity index (χ2n) is 3.61. The summed E-state index contributed by atoms with van der Waals surface area (Å²) in [5.41, 5.74) is 0.817. The Bertz CT molecular complexity index is 360. The maximum atomic E-state index is 12.0. The number of amides is 1. The number of rotatable bonds is 1. The first-order chi connectivity index (χ1) is 7.16. The first kappa shape index (κ1) is 11.7. The van der Waals surface area contributed by atoms with E-state index in [4.69, 9.17) is 11.6 Å². The lowest BCUT2D eigenvalue weighted by molar-refractivity contribution is 0.0727. The molecule has 0 aromatic carbocycles. The molecular weight excluding hydrogens is 345 g/mol. The number of carbonyl (C=O) groups excluding carboxylic acids is 1. The van der Waals surface area contributed by atoms with Gasteiger partial charge in [0.2, 0.25) is 0 Å². The fraction of sp³-hybridized carbons (Fsp3) is 0.500. The maximum absolute atomic E-state index is 12.0. The van der Waals surface area contributed by atoms with Crippen LogP contribution in [0, 0.1) is 2.88 Å². The van der Waals surface area contributed by atoms with Crippen molar-refractivity contribution in [2.75, 3.05) is 13.1 Å². The van der Waals surface area contributed by atoms with Gasteiger partial charge in [0.05, 0.1) is 8.45 Å². The first-order valence-corrected chi connectivity index (χ1v) is 7.23. The number of thiophene rings is 1. The van der Waals surface area contributed by atoms with Crippen LogP contribution in [-0.2, 0) is 0 Å². The smallest absolute Gasteiger partial charge is 0.254 e. The zero-order valence-corrected chi connectivity index (χ0v) is 11.8. The molecule has 0 radical (unpaired) electrons. The molecule has 1 aliphatic rings. The Kier molecular flexibility index (Phi) is 3.90. The minimum atomic E-state index is 0.151. The highest BCUT2D eigenvalue weighted by atomic mass is 127. The van der Waals surface area contributed by atoms with Crippen LogP contribution in [0.25, 0.3) is 0 Å². The van der Waals surface area contributed by atoms with Crippen LogP contribution < -0.4 is 0 Å². The van der Waals surface area contributed by atoms with Crippen molar-refractivity contribution in [2.45, 2.75) is 18.2 Å². The van der Waals surface area contributed by atoms with E-state index in [2.05, 4.69) is 22.6 Å². The summed E-state index contributed by atoms with van der Waals surface area (Å²) in [6.07, 6.45) is 1.82. The number of carbonyl (C=O) groups is 1. The Balaban J connectivity index is 2.02. The van der Waals surface area contributed by atoms with Crippen LogP contribution >= 0.6 is 45.5 Å². The molecule has 82 valence electrons. The lowest BCUT2D eigenvalue weighted by Crippen LogP contribution is -2.38. The van der Waals surface area contributed by atoms with Gasteiger partial charge >= 0.3 is 0 Å². The summed E-state index contributed by atoms with van der Waals surface area (Å²) in [7, 11) is 0. The molecule has 5 heteroatoms. The van der Waals surface area contributed by atoms with Gasteiger partial charge in [-0.3, -0.25) is 4.79 Å². The molecule has 2 nitrogen and oxygen atoms in total. The predicted molar refractivity (Wildman–Crippen MR) is 71.8 cm³/mol. The average molecular weight is 356 g/mol. The van der Waals surface area contributed by atoms with Crippen molar-refractivity contribution < 1.29 is 4.79 Å². The van der Waals surface area contributed by atoms with E-state index in [1.165, 1.54) is 0 Å². The van der Waals surface area contributed by atoms with Crippen molar-refractivity contribution in [1.82, 2.24) is 4.90 Å². The van der Waals surface area contributed by atoms with Gasteiger partial charge in [0.25, 0.3) is 5.91 Å². The quantitative estimate of drug-likeness (QED) is 0.560. The summed E-state index contributed by atoms with van der Waals surface area (Å²) in [6, 6.07) is 1.94. The molecule has 1 amide bonds. The van der Waals surface area contributed by atoms with E-state index in [9.17, 15) is 4.79 Å². The summed E-state index contributed by atoms with van der Waals surface area (Å²) in [5.74, 6) is 0.151. The Morgan fingerprint density at radius 2 is 2.20 bits per heavy atom. The zero-order valence-electron chi connectivity index (χ0n) is 8.08. The summed E-state index contributed by atoms with van der Waals surface area (Å²) >= 11 is 9.84. The van der Waals surface area contributed by atoms with Gasteiger partial charge in [-0.1, -0.05) is 0 Å².